The number of carbonyl (C=O) groups is 1. The normalized spacial score (nSPS) is 26.2. The van der Waals surface area contributed by atoms with Gasteiger partial charge in [0.1, 0.15) is 5.69 Å². The molecule has 0 unspecified atom stereocenters. The molecule has 3 rings (SSSR count). The Labute approximate surface area is 138 Å². The van der Waals surface area contributed by atoms with E-state index in [0.29, 0.717) is 17.5 Å². The van der Waals surface area contributed by atoms with Gasteiger partial charge in [-0.3, -0.25) is 9.89 Å². The van der Waals surface area contributed by atoms with E-state index in [1.807, 2.05) is 18.0 Å². The predicted octanol–water partition coefficient (Wildman–Crippen LogP) is 3.08. The average molecular weight is 319 g/mol. The van der Waals surface area contributed by atoms with Crippen molar-refractivity contribution in [1.29, 1.82) is 0 Å². The lowest BCUT2D eigenvalue weighted by atomic mass is 9.86. The molecule has 0 spiro atoms. The molecule has 0 aliphatic heterocycles. The van der Waals surface area contributed by atoms with E-state index in [1.165, 1.54) is 32.1 Å². The van der Waals surface area contributed by atoms with Crippen LogP contribution in [0, 0.1) is 5.92 Å². The van der Waals surface area contributed by atoms with Crippen LogP contribution in [-0.2, 0) is 0 Å². The molecule has 23 heavy (non-hydrogen) atoms. The molecule has 2 saturated carbocycles. The van der Waals surface area contributed by atoms with Crippen molar-refractivity contribution in [2.45, 2.75) is 69.7 Å². The number of nitrogens with zero attached hydrogens (tertiary/aromatic N) is 2. The summed E-state index contributed by atoms with van der Waals surface area (Å²) in [5.74, 6) is 0.983. The van der Waals surface area contributed by atoms with Gasteiger partial charge in [-0.25, -0.2) is 0 Å². The number of hydrogen-bond acceptors (Lipinski definition) is 3. The average Bonchev–Trinajstić information content (AvgIpc) is 3.11. The van der Waals surface area contributed by atoms with Gasteiger partial charge < -0.3 is 10.0 Å². The molecular formula is C18H29N3O2. The molecular weight excluding hydrogens is 290 g/mol. The first-order valence-electron chi connectivity index (χ1n) is 9.12. The Morgan fingerprint density at radius 2 is 1.91 bits per heavy atom. The number of H-pyrrole nitrogens is 1. The maximum Gasteiger partial charge on any atom is 0.274 e. The van der Waals surface area contributed by atoms with E-state index in [4.69, 9.17) is 0 Å². The Balaban J connectivity index is 1.60. The number of aromatic nitrogens is 2. The summed E-state index contributed by atoms with van der Waals surface area (Å²) in [5, 5.41) is 16.6. The van der Waals surface area contributed by atoms with E-state index < -0.39 is 0 Å². The predicted molar refractivity (Wildman–Crippen MR) is 89.3 cm³/mol. The van der Waals surface area contributed by atoms with Crippen molar-refractivity contribution in [3.63, 3.8) is 0 Å². The molecule has 0 saturated heterocycles. The van der Waals surface area contributed by atoms with Crippen LogP contribution in [0.4, 0.5) is 0 Å². The molecule has 5 heteroatoms. The third-order valence-electron chi connectivity index (χ3n) is 5.80. The smallest absolute Gasteiger partial charge is 0.274 e. The van der Waals surface area contributed by atoms with Crippen LogP contribution in [0.15, 0.2) is 6.07 Å². The van der Waals surface area contributed by atoms with Crippen molar-refractivity contribution < 1.29 is 9.90 Å². The number of hydrogen-bond donors (Lipinski definition) is 2. The van der Waals surface area contributed by atoms with Crippen molar-refractivity contribution in [3.8, 4) is 0 Å². The second kappa shape index (κ2) is 7.47. The SMILES string of the molecule is CN(C(=O)c1cc(C2CCCCC2)[nH]n1)C1CCC(CO)CC1. The maximum absolute atomic E-state index is 12.7. The summed E-state index contributed by atoms with van der Waals surface area (Å²) in [6.45, 7) is 0.272. The van der Waals surface area contributed by atoms with Gasteiger partial charge in [-0.2, -0.15) is 5.10 Å². The Hall–Kier alpha value is -1.36. The van der Waals surface area contributed by atoms with Gasteiger partial charge in [0.25, 0.3) is 5.91 Å². The molecule has 5 nitrogen and oxygen atoms in total. The molecule has 0 aromatic carbocycles. The molecule has 2 N–H and O–H groups in total. The zero-order chi connectivity index (χ0) is 16.2. The summed E-state index contributed by atoms with van der Waals surface area (Å²) in [6, 6.07) is 2.24. The Morgan fingerprint density at radius 3 is 2.57 bits per heavy atom. The van der Waals surface area contributed by atoms with Crippen molar-refractivity contribution in [3.05, 3.63) is 17.5 Å². The fourth-order valence-electron chi connectivity index (χ4n) is 4.13. The molecule has 128 valence electrons. The first kappa shape index (κ1) is 16.5. The van der Waals surface area contributed by atoms with Crippen LogP contribution in [0.5, 0.6) is 0 Å². The molecule has 2 aliphatic rings. The first-order chi connectivity index (χ1) is 11.2. The highest BCUT2D eigenvalue weighted by molar-refractivity contribution is 5.92. The fourth-order valence-corrected chi connectivity index (χ4v) is 4.13. The number of rotatable bonds is 4. The second-order valence-corrected chi connectivity index (χ2v) is 7.32. The topological polar surface area (TPSA) is 69.2 Å². The van der Waals surface area contributed by atoms with Crippen LogP contribution in [0.25, 0.3) is 0 Å². The van der Waals surface area contributed by atoms with Gasteiger partial charge in [-0.1, -0.05) is 19.3 Å². The Kier molecular flexibility index (Phi) is 5.36. The van der Waals surface area contributed by atoms with E-state index in [-0.39, 0.29) is 18.6 Å². The zero-order valence-corrected chi connectivity index (χ0v) is 14.1. The van der Waals surface area contributed by atoms with Crippen molar-refractivity contribution >= 4 is 5.91 Å². The van der Waals surface area contributed by atoms with Gasteiger partial charge >= 0.3 is 0 Å². The molecule has 2 aliphatic carbocycles. The minimum atomic E-state index is 0.0238. The first-order valence-corrected chi connectivity index (χ1v) is 9.12. The highest BCUT2D eigenvalue weighted by Crippen LogP contribution is 2.32. The van der Waals surface area contributed by atoms with Crippen LogP contribution >= 0.6 is 0 Å². The van der Waals surface area contributed by atoms with Gasteiger partial charge in [0.15, 0.2) is 0 Å². The lowest BCUT2D eigenvalue weighted by molar-refractivity contribution is 0.0647. The molecule has 1 aromatic heterocycles. The van der Waals surface area contributed by atoms with Crippen LogP contribution < -0.4 is 0 Å². The zero-order valence-electron chi connectivity index (χ0n) is 14.1. The van der Waals surface area contributed by atoms with Crippen molar-refractivity contribution in [2.75, 3.05) is 13.7 Å². The molecule has 2 fully saturated rings. The van der Waals surface area contributed by atoms with E-state index in [2.05, 4.69) is 10.2 Å². The van der Waals surface area contributed by atoms with Crippen molar-refractivity contribution in [1.82, 2.24) is 15.1 Å². The summed E-state index contributed by atoms with van der Waals surface area (Å²) in [6.07, 6.45) is 10.3. The molecule has 1 heterocycles. The van der Waals surface area contributed by atoms with E-state index in [1.54, 1.807) is 0 Å². The summed E-state index contributed by atoms with van der Waals surface area (Å²) < 4.78 is 0. The number of aliphatic hydroxyl groups excluding tert-OH is 1. The number of aromatic amines is 1. The standard InChI is InChI=1S/C18H29N3O2/c1-21(15-9-7-13(12-22)8-10-15)18(23)17-11-16(19-20-17)14-5-3-2-4-6-14/h11,13-15,22H,2-10,12H2,1H3,(H,19,20). The fraction of sp³-hybridized carbons (Fsp3) is 0.778. The van der Waals surface area contributed by atoms with Gasteiger partial charge in [-0.05, 0) is 50.5 Å². The lowest BCUT2D eigenvalue weighted by Crippen LogP contribution is -2.40. The van der Waals surface area contributed by atoms with Crippen LogP contribution in [0.1, 0.15) is 79.9 Å². The number of carbonyl (C=O) groups excluding carboxylic acids is 1. The van der Waals surface area contributed by atoms with E-state index in [0.717, 1.165) is 31.4 Å². The van der Waals surface area contributed by atoms with Crippen molar-refractivity contribution in [2.24, 2.45) is 5.92 Å². The Bertz CT molecular complexity index is 514. The quantitative estimate of drug-likeness (QED) is 0.896. The summed E-state index contributed by atoms with van der Waals surface area (Å²) in [5.41, 5.74) is 1.68. The Morgan fingerprint density at radius 1 is 1.22 bits per heavy atom. The van der Waals surface area contributed by atoms with Crippen LogP contribution in [-0.4, -0.2) is 45.8 Å². The van der Waals surface area contributed by atoms with E-state index in [9.17, 15) is 9.90 Å². The monoisotopic (exact) mass is 319 g/mol. The van der Waals surface area contributed by atoms with Gasteiger partial charge in [0.2, 0.25) is 0 Å². The second-order valence-electron chi connectivity index (χ2n) is 7.32. The van der Waals surface area contributed by atoms with Crippen LogP contribution in [0.2, 0.25) is 0 Å². The third-order valence-corrected chi connectivity index (χ3v) is 5.80. The molecule has 0 atom stereocenters. The van der Waals surface area contributed by atoms with Crippen LogP contribution in [0.3, 0.4) is 0 Å². The lowest BCUT2D eigenvalue weighted by Gasteiger charge is -2.33. The van der Waals surface area contributed by atoms with Gasteiger partial charge in [0, 0.05) is 31.3 Å². The third kappa shape index (κ3) is 3.77. The summed E-state index contributed by atoms with van der Waals surface area (Å²) >= 11 is 0. The largest absolute Gasteiger partial charge is 0.396 e. The summed E-state index contributed by atoms with van der Waals surface area (Å²) in [7, 11) is 1.89. The maximum atomic E-state index is 12.7. The number of nitrogens with one attached hydrogen (secondary N) is 1. The number of aliphatic hydroxyl groups is 1. The highest BCUT2D eigenvalue weighted by atomic mass is 16.3. The summed E-state index contributed by atoms with van der Waals surface area (Å²) in [4.78, 5) is 14.5. The minimum Gasteiger partial charge on any atom is -0.396 e. The molecule has 0 radical (unpaired) electrons. The molecule has 0 bridgehead atoms. The number of amides is 1. The minimum absolute atomic E-state index is 0.0238. The highest BCUT2D eigenvalue weighted by Gasteiger charge is 2.28. The van der Waals surface area contributed by atoms with Gasteiger partial charge in [-0.15, -0.1) is 0 Å². The molecule has 1 amide bonds. The van der Waals surface area contributed by atoms with E-state index >= 15 is 0 Å². The van der Waals surface area contributed by atoms with Gasteiger partial charge in [0.05, 0.1) is 0 Å². The molecule has 1 aromatic rings.